The predicted octanol–water partition coefficient (Wildman–Crippen LogP) is 5.44. The molecule has 8 heteroatoms. The number of aliphatic imine (C=N–C) groups is 1. The molecule has 2 atom stereocenters. The number of nitrogens with zero attached hydrogens (tertiary/aromatic N) is 2. The minimum atomic E-state index is -3.88. The molecule has 3 aromatic rings. The van der Waals surface area contributed by atoms with Crippen LogP contribution in [0.5, 0.6) is 0 Å². The molecule has 36 heavy (non-hydrogen) atoms. The molecule has 190 valence electrons. The maximum absolute atomic E-state index is 14.2. The molecule has 3 aromatic carbocycles. The SMILES string of the molecule is CC(N=C1NS(=O)(=O)C(c2ccc(-c3ccccc3CN(C)C)cc2)C(C)(C)O1)c1ccccc1F. The molecular formula is C28H32FN3O3S. The van der Waals surface area contributed by atoms with Gasteiger partial charge in [0.1, 0.15) is 16.7 Å². The van der Waals surface area contributed by atoms with Crippen molar-refractivity contribution in [1.82, 2.24) is 9.62 Å². The highest BCUT2D eigenvalue weighted by atomic mass is 32.2. The second-order valence-electron chi connectivity index (χ2n) is 9.88. The van der Waals surface area contributed by atoms with E-state index in [9.17, 15) is 12.8 Å². The Morgan fingerprint density at radius 1 is 1.03 bits per heavy atom. The minimum Gasteiger partial charge on any atom is -0.457 e. The Kier molecular flexibility index (Phi) is 7.20. The van der Waals surface area contributed by atoms with Gasteiger partial charge in [0.2, 0.25) is 10.0 Å². The van der Waals surface area contributed by atoms with Crippen LogP contribution in [0.15, 0.2) is 77.8 Å². The molecule has 0 saturated carbocycles. The van der Waals surface area contributed by atoms with E-state index in [1.807, 2.05) is 50.5 Å². The van der Waals surface area contributed by atoms with Crippen molar-refractivity contribution < 1.29 is 17.5 Å². The first-order chi connectivity index (χ1) is 17.0. The van der Waals surface area contributed by atoms with Gasteiger partial charge in [-0.25, -0.2) is 22.5 Å². The number of nitrogens with one attached hydrogen (secondary N) is 1. The molecule has 0 aromatic heterocycles. The van der Waals surface area contributed by atoms with E-state index in [2.05, 4.69) is 26.7 Å². The van der Waals surface area contributed by atoms with Crippen LogP contribution in [0, 0.1) is 5.82 Å². The lowest BCUT2D eigenvalue weighted by Crippen LogP contribution is -2.53. The number of benzene rings is 3. The number of amidine groups is 1. The molecule has 4 rings (SSSR count). The summed E-state index contributed by atoms with van der Waals surface area (Å²) in [5.41, 5.74) is 3.17. The molecule has 0 radical (unpaired) electrons. The number of sulfonamides is 1. The van der Waals surface area contributed by atoms with Crippen molar-refractivity contribution in [2.24, 2.45) is 4.99 Å². The standard InChI is InChI=1S/C28H32FN3O3S/c1-19(23-11-8-9-13-25(23)29)30-27-31-36(33,34)26(28(2,3)35-27)21-16-14-20(15-17-21)24-12-7-6-10-22(24)18-32(4)5/h6-17,19,26H,18H2,1-5H3,(H,30,31). The second-order valence-corrected chi connectivity index (χ2v) is 11.6. The Morgan fingerprint density at radius 2 is 1.67 bits per heavy atom. The highest BCUT2D eigenvalue weighted by Crippen LogP contribution is 2.39. The Labute approximate surface area is 212 Å². The van der Waals surface area contributed by atoms with E-state index in [4.69, 9.17) is 4.74 Å². The highest BCUT2D eigenvalue weighted by molar-refractivity contribution is 7.90. The van der Waals surface area contributed by atoms with E-state index in [0.29, 0.717) is 11.1 Å². The molecule has 0 bridgehead atoms. The Morgan fingerprint density at radius 3 is 2.31 bits per heavy atom. The number of hydrogen-bond donors (Lipinski definition) is 1. The average Bonchev–Trinajstić information content (AvgIpc) is 2.78. The van der Waals surface area contributed by atoms with Crippen LogP contribution in [0.2, 0.25) is 0 Å². The zero-order valence-electron chi connectivity index (χ0n) is 21.2. The maximum atomic E-state index is 14.2. The van der Waals surface area contributed by atoms with E-state index in [-0.39, 0.29) is 6.02 Å². The third-order valence-corrected chi connectivity index (χ3v) is 8.15. The van der Waals surface area contributed by atoms with E-state index < -0.39 is 32.7 Å². The van der Waals surface area contributed by atoms with Gasteiger partial charge in [-0.2, -0.15) is 0 Å². The van der Waals surface area contributed by atoms with Gasteiger partial charge in [0.15, 0.2) is 0 Å². The third kappa shape index (κ3) is 5.44. The third-order valence-electron chi connectivity index (χ3n) is 6.23. The summed E-state index contributed by atoms with van der Waals surface area (Å²) in [4.78, 5) is 6.44. The molecule has 1 aliphatic rings. The van der Waals surface area contributed by atoms with Gasteiger partial charge in [0, 0.05) is 12.1 Å². The summed E-state index contributed by atoms with van der Waals surface area (Å²) >= 11 is 0. The molecule has 1 heterocycles. The van der Waals surface area contributed by atoms with Crippen LogP contribution in [-0.4, -0.2) is 39.0 Å². The lowest BCUT2D eigenvalue weighted by Gasteiger charge is -2.39. The largest absolute Gasteiger partial charge is 0.457 e. The fraction of sp³-hybridized carbons (Fsp3) is 0.321. The predicted molar refractivity (Wildman–Crippen MR) is 141 cm³/mol. The Balaban J connectivity index is 1.62. The van der Waals surface area contributed by atoms with Crippen LogP contribution < -0.4 is 4.72 Å². The van der Waals surface area contributed by atoms with E-state index in [1.165, 1.54) is 11.6 Å². The van der Waals surface area contributed by atoms with Gasteiger partial charge in [-0.05, 0) is 63.2 Å². The number of ether oxygens (including phenoxy) is 1. The van der Waals surface area contributed by atoms with Crippen molar-refractivity contribution in [3.05, 3.63) is 95.3 Å². The van der Waals surface area contributed by atoms with Gasteiger partial charge in [0.05, 0.1) is 6.04 Å². The molecule has 1 saturated heterocycles. The van der Waals surface area contributed by atoms with Gasteiger partial charge in [-0.3, -0.25) is 0 Å². The Hall–Kier alpha value is -3.23. The van der Waals surface area contributed by atoms with Gasteiger partial charge in [-0.1, -0.05) is 66.7 Å². The summed E-state index contributed by atoms with van der Waals surface area (Å²) in [7, 11) is 0.172. The molecule has 1 N–H and O–H groups in total. The van der Waals surface area contributed by atoms with Gasteiger partial charge in [-0.15, -0.1) is 0 Å². The van der Waals surface area contributed by atoms with E-state index >= 15 is 0 Å². The lowest BCUT2D eigenvalue weighted by molar-refractivity contribution is 0.0761. The van der Waals surface area contributed by atoms with Crippen molar-refractivity contribution >= 4 is 16.0 Å². The molecule has 2 unspecified atom stereocenters. The summed E-state index contributed by atoms with van der Waals surface area (Å²) in [6.07, 6.45) is 0. The zero-order valence-corrected chi connectivity index (χ0v) is 22.0. The summed E-state index contributed by atoms with van der Waals surface area (Å²) in [5.74, 6) is -0.405. The molecule has 0 aliphatic carbocycles. The number of halogens is 1. The fourth-order valence-corrected chi connectivity index (χ4v) is 6.45. The molecule has 0 spiro atoms. The molecular weight excluding hydrogens is 477 g/mol. The number of rotatable bonds is 6. The van der Waals surface area contributed by atoms with Crippen molar-refractivity contribution in [2.45, 2.75) is 44.2 Å². The van der Waals surface area contributed by atoms with Gasteiger partial charge >= 0.3 is 0 Å². The lowest BCUT2D eigenvalue weighted by atomic mass is 9.94. The molecule has 1 aliphatic heterocycles. The monoisotopic (exact) mass is 509 g/mol. The second kappa shape index (κ2) is 10.0. The first-order valence-electron chi connectivity index (χ1n) is 11.8. The first-order valence-corrected chi connectivity index (χ1v) is 13.4. The average molecular weight is 510 g/mol. The van der Waals surface area contributed by atoms with E-state index in [0.717, 1.165) is 17.7 Å². The van der Waals surface area contributed by atoms with Crippen LogP contribution in [0.4, 0.5) is 4.39 Å². The summed E-state index contributed by atoms with van der Waals surface area (Å²) in [5, 5.41) is -0.959. The zero-order chi connectivity index (χ0) is 26.1. The quantitative estimate of drug-likeness (QED) is 0.480. The number of hydrogen-bond acceptors (Lipinski definition) is 5. The van der Waals surface area contributed by atoms with Crippen LogP contribution in [-0.2, 0) is 21.3 Å². The van der Waals surface area contributed by atoms with Crippen LogP contribution >= 0.6 is 0 Å². The van der Waals surface area contributed by atoms with E-state index in [1.54, 1.807) is 39.0 Å². The van der Waals surface area contributed by atoms with Crippen molar-refractivity contribution in [3.63, 3.8) is 0 Å². The van der Waals surface area contributed by atoms with Crippen molar-refractivity contribution in [2.75, 3.05) is 14.1 Å². The van der Waals surface area contributed by atoms with Crippen molar-refractivity contribution in [1.29, 1.82) is 0 Å². The maximum Gasteiger partial charge on any atom is 0.299 e. The highest BCUT2D eigenvalue weighted by Gasteiger charge is 2.48. The fourth-order valence-electron chi connectivity index (χ4n) is 4.69. The van der Waals surface area contributed by atoms with Crippen LogP contribution in [0.3, 0.4) is 0 Å². The smallest absolute Gasteiger partial charge is 0.299 e. The summed E-state index contributed by atoms with van der Waals surface area (Å²) < 4.78 is 49.4. The Bertz CT molecular complexity index is 1370. The normalized spacial score (nSPS) is 20.5. The van der Waals surface area contributed by atoms with Gasteiger partial charge < -0.3 is 9.64 Å². The summed E-state index contributed by atoms with van der Waals surface area (Å²) in [6, 6.07) is 21.2. The molecule has 6 nitrogen and oxygen atoms in total. The van der Waals surface area contributed by atoms with Crippen LogP contribution in [0.25, 0.3) is 11.1 Å². The van der Waals surface area contributed by atoms with Crippen LogP contribution in [0.1, 0.15) is 48.8 Å². The van der Waals surface area contributed by atoms with Crippen molar-refractivity contribution in [3.8, 4) is 11.1 Å². The molecule has 0 amide bonds. The minimum absolute atomic E-state index is 0.138. The first kappa shape index (κ1) is 25.9. The summed E-state index contributed by atoms with van der Waals surface area (Å²) in [6.45, 7) is 5.93. The topological polar surface area (TPSA) is 71.0 Å². The van der Waals surface area contributed by atoms with Gasteiger partial charge in [0.25, 0.3) is 6.02 Å². The molecule has 1 fully saturated rings.